The molecule has 1 aromatic heterocycles. The molecule has 0 unspecified atom stereocenters. The Balaban J connectivity index is 1.29. The summed E-state index contributed by atoms with van der Waals surface area (Å²) >= 11 is 0. The molecule has 0 radical (unpaired) electrons. The average molecular weight is 444 g/mol. The number of hydrogen-bond donors (Lipinski definition) is 0. The summed E-state index contributed by atoms with van der Waals surface area (Å²) in [4.78, 5) is 19.5. The van der Waals surface area contributed by atoms with Gasteiger partial charge in [-0.05, 0) is 36.4 Å². The first kappa shape index (κ1) is 20.9. The van der Waals surface area contributed by atoms with E-state index in [1.54, 1.807) is 11.9 Å². The van der Waals surface area contributed by atoms with Crippen molar-refractivity contribution in [2.24, 2.45) is 0 Å². The number of amides is 1. The lowest BCUT2D eigenvalue weighted by atomic mass is 10.2. The summed E-state index contributed by atoms with van der Waals surface area (Å²) in [6, 6.07) is 24.9. The van der Waals surface area contributed by atoms with E-state index >= 15 is 0 Å². The summed E-state index contributed by atoms with van der Waals surface area (Å²) in [5.41, 5.74) is 1.73. The Kier molecular flexibility index (Phi) is 5.85. The maximum atomic E-state index is 13.1. The van der Waals surface area contributed by atoms with Crippen molar-refractivity contribution in [1.82, 2.24) is 14.5 Å². The molecule has 0 saturated heterocycles. The Morgan fingerprint density at radius 3 is 2.61 bits per heavy atom. The molecule has 5 rings (SSSR count). The fourth-order valence-corrected chi connectivity index (χ4v) is 3.89. The molecule has 1 aliphatic rings. The van der Waals surface area contributed by atoms with Crippen molar-refractivity contribution in [3.8, 4) is 17.2 Å². The second-order valence-corrected chi connectivity index (χ2v) is 7.98. The van der Waals surface area contributed by atoms with E-state index in [2.05, 4.69) is 0 Å². The van der Waals surface area contributed by atoms with Gasteiger partial charge in [-0.2, -0.15) is 0 Å². The quantitative estimate of drug-likeness (QED) is 0.433. The molecule has 0 spiro atoms. The Hall–Kier alpha value is -4.00. The number of aromatic nitrogens is 2. The standard InChI is InChI=1S/C26H25N3O4/c1-28(15-20-17-32-23-13-7-8-14-24(23)33-20)26(30)16-29-22-12-6-5-11-21(22)27-25(29)18-31-19-9-3-2-4-10-19/h2-14,20H,15-18H2,1H3/t20-/m0/s1. The lowest BCUT2D eigenvalue weighted by molar-refractivity contribution is -0.131. The van der Waals surface area contributed by atoms with E-state index in [9.17, 15) is 4.79 Å². The molecule has 33 heavy (non-hydrogen) atoms. The fourth-order valence-electron chi connectivity index (χ4n) is 3.89. The number of fused-ring (bicyclic) bond motifs is 2. The lowest BCUT2D eigenvalue weighted by Gasteiger charge is -2.29. The van der Waals surface area contributed by atoms with Crippen molar-refractivity contribution in [3.05, 3.63) is 84.7 Å². The van der Waals surface area contributed by atoms with Crippen molar-refractivity contribution in [2.75, 3.05) is 20.2 Å². The first-order valence-corrected chi connectivity index (χ1v) is 10.9. The average Bonchev–Trinajstić information content (AvgIpc) is 3.20. The predicted octanol–water partition coefficient (Wildman–Crippen LogP) is 3.91. The van der Waals surface area contributed by atoms with Crippen LogP contribution in [0.2, 0.25) is 0 Å². The lowest BCUT2D eigenvalue weighted by Crippen LogP contribution is -2.42. The Bertz CT molecular complexity index is 1250. The number of likely N-dealkylation sites (N-methyl/N-ethyl adjacent to an activating group) is 1. The van der Waals surface area contributed by atoms with Crippen LogP contribution in [0.25, 0.3) is 11.0 Å². The van der Waals surface area contributed by atoms with Gasteiger partial charge >= 0.3 is 0 Å². The van der Waals surface area contributed by atoms with Gasteiger partial charge in [-0.1, -0.05) is 42.5 Å². The van der Waals surface area contributed by atoms with Crippen LogP contribution < -0.4 is 14.2 Å². The van der Waals surface area contributed by atoms with Crippen LogP contribution in [0.4, 0.5) is 0 Å². The van der Waals surface area contributed by atoms with Gasteiger partial charge in [0.2, 0.25) is 5.91 Å². The van der Waals surface area contributed by atoms with Crippen molar-refractivity contribution in [2.45, 2.75) is 19.3 Å². The number of ether oxygens (including phenoxy) is 3. The van der Waals surface area contributed by atoms with Gasteiger partial charge < -0.3 is 23.7 Å². The smallest absolute Gasteiger partial charge is 0.242 e. The van der Waals surface area contributed by atoms with Gasteiger partial charge in [0.1, 0.15) is 31.3 Å². The highest BCUT2D eigenvalue weighted by molar-refractivity contribution is 5.81. The molecule has 0 fully saturated rings. The molecule has 3 aromatic carbocycles. The number of hydrogen-bond acceptors (Lipinski definition) is 5. The molecule has 1 atom stereocenters. The molecule has 4 aromatic rings. The SMILES string of the molecule is CN(C[C@H]1COc2ccccc2O1)C(=O)Cn1c(COc2ccccc2)nc2ccccc21. The van der Waals surface area contributed by atoms with Crippen molar-refractivity contribution >= 4 is 16.9 Å². The number of imidazole rings is 1. The molecule has 0 aliphatic carbocycles. The summed E-state index contributed by atoms with van der Waals surface area (Å²) < 4.78 is 19.6. The number of carbonyl (C=O) groups is 1. The Morgan fingerprint density at radius 1 is 1.03 bits per heavy atom. The van der Waals surface area contributed by atoms with E-state index in [4.69, 9.17) is 19.2 Å². The summed E-state index contributed by atoms with van der Waals surface area (Å²) in [5, 5.41) is 0. The van der Waals surface area contributed by atoms with E-state index in [1.165, 1.54) is 0 Å². The van der Waals surface area contributed by atoms with Crippen LogP contribution in [0.3, 0.4) is 0 Å². The Morgan fingerprint density at radius 2 is 1.76 bits per heavy atom. The van der Waals surface area contributed by atoms with E-state index in [0.29, 0.717) is 24.7 Å². The topological polar surface area (TPSA) is 65.8 Å². The third-order valence-corrected chi connectivity index (χ3v) is 5.61. The second kappa shape index (κ2) is 9.24. The second-order valence-electron chi connectivity index (χ2n) is 7.98. The van der Waals surface area contributed by atoms with Gasteiger partial charge in [0.05, 0.1) is 17.6 Å². The van der Waals surface area contributed by atoms with Gasteiger partial charge in [0.25, 0.3) is 0 Å². The summed E-state index contributed by atoms with van der Waals surface area (Å²) in [6.45, 7) is 1.26. The summed E-state index contributed by atoms with van der Waals surface area (Å²) in [7, 11) is 1.78. The number of para-hydroxylation sites is 5. The normalized spacial score (nSPS) is 14.8. The van der Waals surface area contributed by atoms with Gasteiger partial charge in [0, 0.05) is 7.05 Å². The summed E-state index contributed by atoms with van der Waals surface area (Å²) in [5.74, 6) is 2.86. The first-order valence-electron chi connectivity index (χ1n) is 10.9. The fraction of sp³-hybridized carbons (Fsp3) is 0.231. The number of rotatable bonds is 7. The monoisotopic (exact) mass is 443 g/mol. The number of benzene rings is 3. The molecule has 1 aliphatic heterocycles. The molecule has 168 valence electrons. The molecule has 1 amide bonds. The minimum atomic E-state index is -0.228. The maximum absolute atomic E-state index is 13.1. The molecule has 0 N–H and O–H groups in total. The maximum Gasteiger partial charge on any atom is 0.242 e. The molecule has 7 heteroatoms. The van der Waals surface area contributed by atoms with E-state index in [-0.39, 0.29) is 25.2 Å². The van der Waals surface area contributed by atoms with Crippen LogP contribution in [-0.4, -0.2) is 46.7 Å². The molecular weight excluding hydrogens is 418 g/mol. The zero-order valence-electron chi connectivity index (χ0n) is 18.4. The van der Waals surface area contributed by atoms with Crippen LogP contribution >= 0.6 is 0 Å². The third-order valence-electron chi connectivity index (χ3n) is 5.61. The van der Waals surface area contributed by atoms with Crippen LogP contribution in [0.1, 0.15) is 5.82 Å². The van der Waals surface area contributed by atoms with Gasteiger partial charge in [-0.25, -0.2) is 4.98 Å². The van der Waals surface area contributed by atoms with E-state index in [0.717, 1.165) is 22.5 Å². The number of carbonyl (C=O) groups excluding carboxylic acids is 1. The summed E-state index contributed by atoms with van der Waals surface area (Å²) in [6.07, 6.45) is -0.228. The van der Waals surface area contributed by atoms with Crippen molar-refractivity contribution in [3.63, 3.8) is 0 Å². The number of nitrogens with zero attached hydrogens (tertiary/aromatic N) is 3. The zero-order chi connectivity index (χ0) is 22.6. The van der Waals surface area contributed by atoms with Gasteiger partial charge in [-0.3, -0.25) is 4.79 Å². The zero-order valence-corrected chi connectivity index (χ0v) is 18.4. The minimum Gasteiger partial charge on any atom is -0.486 e. The van der Waals surface area contributed by atoms with Crippen LogP contribution in [-0.2, 0) is 17.9 Å². The van der Waals surface area contributed by atoms with Gasteiger partial charge in [0.15, 0.2) is 17.6 Å². The third kappa shape index (κ3) is 4.62. The van der Waals surface area contributed by atoms with Crippen molar-refractivity contribution < 1.29 is 19.0 Å². The molecule has 7 nitrogen and oxygen atoms in total. The van der Waals surface area contributed by atoms with Crippen LogP contribution in [0.15, 0.2) is 78.9 Å². The van der Waals surface area contributed by atoms with Crippen LogP contribution in [0.5, 0.6) is 17.2 Å². The predicted molar refractivity (Wildman–Crippen MR) is 124 cm³/mol. The highest BCUT2D eigenvalue weighted by atomic mass is 16.6. The molecule has 0 saturated carbocycles. The van der Waals surface area contributed by atoms with Crippen LogP contribution in [0, 0.1) is 0 Å². The van der Waals surface area contributed by atoms with Crippen molar-refractivity contribution in [1.29, 1.82) is 0 Å². The Labute approximate surface area is 192 Å². The van der Waals surface area contributed by atoms with E-state index < -0.39 is 0 Å². The highest BCUT2D eigenvalue weighted by Gasteiger charge is 2.24. The molecule has 2 heterocycles. The van der Waals surface area contributed by atoms with E-state index in [1.807, 2.05) is 83.4 Å². The largest absolute Gasteiger partial charge is 0.486 e. The highest BCUT2D eigenvalue weighted by Crippen LogP contribution is 2.31. The minimum absolute atomic E-state index is 0.0402. The molecule has 0 bridgehead atoms. The van der Waals surface area contributed by atoms with Gasteiger partial charge in [-0.15, -0.1) is 0 Å². The first-order chi connectivity index (χ1) is 16.2. The molecular formula is C26H25N3O4.